The molecule has 0 bridgehead atoms. The minimum Gasteiger partial charge on any atom is -0.381 e. The van der Waals surface area contributed by atoms with Gasteiger partial charge in [-0.1, -0.05) is 0 Å². The third-order valence-electron chi connectivity index (χ3n) is 3.62. The van der Waals surface area contributed by atoms with Crippen LogP contribution in [0.25, 0.3) is 0 Å². The van der Waals surface area contributed by atoms with Gasteiger partial charge in [0.25, 0.3) is 0 Å². The molecule has 1 rings (SSSR count). The summed E-state index contributed by atoms with van der Waals surface area (Å²) in [5.41, 5.74) is -0.0902. The molecule has 15 heavy (non-hydrogen) atoms. The van der Waals surface area contributed by atoms with Crippen LogP contribution in [0.1, 0.15) is 33.1 Å². The Kier molecular flexibility index (Phi) is 5.03. The Labute approximate surface area is 93.5 Å². The standard InChI is InChI=1S/C12H25NO2/c1-12(2,14-4)11(13-3)9-10-5-7-15-8-6-10/h10-11,13H,5-9H2,1-4H3. The maximum absolute atomic E-state index is 5.54. The minimum absolute atomic E-state index is 0.0902. The van der Waals surface area contributed by atoms with Gasteiger partial charge in [0, 0.05) is 26.4 Å². The van der Waals surface area contributed by atoms with Crippen LogP contribution in [-0.4, -0.2) is 39.0 Å². The van der Waals surface area contributed by atoms with Crippen LogP contribution in [0.3, 0.4) is 0 Å². The van der Waals surface area contributed by atoms with Crippen LogP contribution in [0, 0.1) is 5.92 Å². The van der Waals surface area contributed by atoms with E-state index in [0.717, 1.165) is 19.1 Å². The molecule has 0 aromatic carbocycles. The Bertz CT molecular complexity index is 176. The number of nitrogens with one attached hydrogen (secondary N) is 1. The lowest BCUT2D eigenvalue weighted by Gasteiger charge is -2.36. The van der Waals surface area contributed by atoms with Crippen molar-refractivity contribution in [1.82, 2.24) is 5.32 Å². The molecule has 1 N–H and O–H groups in total. The van der Waals surface area contributed by atoms with Crippen molar-refractivity contribution in [3.05, 3.63) is 0 Å². The van der Waals surface area contributed by atoms with Gasteiger partial charge in [-0.25, -0.2) is 0 Å². The molecule has 1 unspecified atom stereocenters. The summed E-state index contributed by atoms with van der Waals surface area (Å²) in [7, 11) is 3.80. The molecule has 3 heteroatoms. The average Bonchev–Trinajstić information content (AvgIpc) is 2.27. The summed E-state index contributed by atoms with van der Waals surface area (Å²) < 4.78 is 10.9. The summed E-state index contributed by atoms with van der Waals surface area (Å²) >= 11 is 0. The lowest BCUT2D eigenvalue weighted by molar-refractivity contribution is -0.0222. The summed E-state index contributed by atoms with van der Waals surface area (Å²) in [4.78, 5) is 0. The van der Waals surface area contributed by atoms with Gasteiger partial charge in [0.05, 0.1) is 5.60 Å². The minimum atomic E-state index is -0.0902. The Balaban J connectivity index is 2.44. The fourth-order valence-corrected chi connectivity index (χ4v) is 2.21. The molecular formula is C12H25NO2. The molecule has 1 fully saturated rings. The van der Waals surface area contributed by atoms with E-state index in [2.05, 4.69) is 19.2 Å². The largest absolute Gasteiger partial charge is 0.381 e. The fourth-order valence-electron chi connectivity index (χ4n) is 2.21. The lowest BCUT2D eigenvalue weighted by atomic mass is 9.85. The molecule has 1 aliphatic rings. The van der Waals surface area contributed by atoms with Crippen LogP contribution in [0.15, 0.2) is 0 Å². The number of hydrogen-bond donors (Lipinski definition) is 1. The second-order valence-corrected chi connectivity index (χ2v) is 4.94. The maximum Gasteiger partial charge on any atom is 0.0775 e. The number of likely N-dealkylation sites (N-methyl/N-ethyl adjacent to an activating group) is 1. The summed E-state index contributed by atoms with van der Waals surface area (Å²) in [6, 6.07) is 0.422. The Hall–Kier alpha value is -0.120. The molecule has 0 saturated carbocycles. The van der Waals surface area contributed by atoms with E-state index in [9.17, 15) is 0 Å². The third kappa shape index (κ3) is 3.74. The van der Waals surface area contributed by atoms with Gasteiger partial charge in [-0.2, -0.15) is 0 Å². The molecule has 0 aromatic rings. The van der Waals surface area contributed by atoms with Crippen molar-refractivity contribution in [3.8, 4) is 0 Å². The average molecular weight is 215 g/mol. The predicted molar refractivity (Wildman–Crippen MR) is 62.1 cm³/mol. The molecule has 1 atom stereocenters. The highest BCUT2D eigenvalue weighted by Crippen LogP contribution is 2.25. The van der Waals surface area contributed by atoms with Crippen LogP contribution >= 0.6 is 0 Å². The Morgan fingerprint density at radius 1 is 1.40 bits per heavy atom. The number of rotatable bonds is 5. The molecular weight excluding hydrogens is 190 g/mol. The van der Waals surface area contributed by atoms with Crippen molar-refractivity contribution < 1.29 is 9.47 Å². The molecule has 1 aliphatic heterocycles. The molecule has 3 nitrogen and oxygen atoms in total. The SMILES string of the molecule is CNC(CC1CCOCC1)C(C)(C)OC. The Morgan fingerprint density at radius 2 is 2.00 bits per heavy atom. The highest BCUT2D eigenvalue weighted by Gasteiger charge is 2.30. The highest BCUT2D eigenvalue weighted by molar-refractivity contribution is 4.86. The van der Waals surface area contributed by atoms with Crippen molar-refractivity contribution in [2.24, 2.45) is 5.92 Å². The zero-order valence-corrected chi connectivity index (χ0v) is 10.5. The Morgan fingerprint density at radius 3 is 2.47 bits per heavy atom. The van der Waals surface area contributed by atoms with Gasteiger partial charge in [0.15, 0.2) is 0 Å². The number of hydrogen-bond acceptors (Lipinski definition) is 3. The normalized spacial score (nSPS) is 21.6. The van der Waals surface area contributed by atoms with Gasteiger partial charge in [0.2, 0.25) is 0 Å². The van der Waals surface area contributed by atoms with E-state index in [-0.39, 0.29) is 5.60 Å². The van der Waals surface area contributed by atoms with Gasteiger partial charge >= 0.3 is 0 Å². The molecule has 0 radical (unpaired) electrons. The summed E-state index contributed by atoms with van der Waals surface area (Å²) in [6.45, 7) is 6.14. The van der Waals surface area contributed by atoms with Gasteiger partial charge < -0.3 is 14.8 Å². The fraction of sp³-hybridized carbons (Fsp3) is 1.00. The summed E-state index contributed by atoms with van der Waals surface area (Å²) in [6.07, 6.45) is 3.57. The van der Waals surface area contributed by atoms with E-state index in [4.69, 9.17) is 9.47 Å². The first kappa shape index (κ1) is 12.9. The van der Waals surface area contributed by atoms with Gasteiger partial charge in [-0.05, 0) is 46.1 Å². The lowest BCUT2D eigenvalue weighted by Crippen LogP contribution is -2.48. The van der Waals surface area contributed by atoms with Gasteiger partial charge in [-0.15, -0.1) is 0 Å². The molecule has 0 spiro atoms. The van der Waals surface area contributed by atoms with E-state index < -0.39 is 0 Å². The van der Waals surface area contributed by atoms with E-state index in [1.165, 1.54) is 19.3 Å². The van der Waals surface area contributed by atoms with Gasteiger partial charge in [-0.3, -0.25) is 0 Å². The van der Waals surface area contributed by atoms with Crippen LogP contribution in [0.5, 0.6) is 0 Å². The van der Waals surface area contributed by atoms with E-state index in [0.29, 0.717) is 6.04 Å². The van der Waals surface area contributed by atoms with Crippen LogP contribution in [0.4, 0.5) is 0 Å². The maximum atomic E-state index is 5.54. The number of methoxy groups -OCH3 is 1. The molecule has 1 heterocycles. The van der Waals surface area contributed by atoms with Gasteiger partial charge in [0.1, 0.15) is 0 Å². The van der Waals surface area contributed by atoms with Crippen LogP contribution in [0.2, 0.25) is 0 Å². The zero-order chi connectivity index (χ0) is 11.3. The second kappa shape index (κ2) is 5.83. The first-order chi connectivity index (χ1) is 7.10. The van der Waals surface area contributed by atoms with Crippen molar-refractivity contribution in [3.63, 3.8) is 0 Å². The van der Waals surface area contributed by atoms with Crippen LogP contribution < -0.4 is 5.32 Å². The van der Waals surface area contributed by atoms with E-state index in [1.54, 1.807) is 7.11 Å². The van der Waals surface area contributed by atoms with E-state index >= 15 is 0 Å². The quantitative estimate of drug-likeness (QED) is 0.759. The monoisotopic (exact) mass is 215 g/mol. The second-order valence-electron chi connectivity index (χ2n) is 4.94. The molecule has 1 saturated heterocycles. The smallest absolute Gasteiger partial charge is 0.0775 e. The summed E-state index contributed by atoms with van der Waals surface area (Å²) in [5, 5.41) is 3.37. The topological polar surface area (TPSA) is 30.5 Å². The van der Waals surface area contributed by atoms with Crippen LogP contribution in [-0.2, 0) is 9.47 Å². The highest BCUT2D eigenvalue weighted by atomic mass is 16.5. The third-order valence-corrected chi connectivity index (χ3v) is 3.62. The molecule has 0 aliphatic carbocycles. The molecule has 0 amide bonds. The first-order valence-electron chi connectivity index (χ1n) is 5.90. The number of ether oxygens (including phenoxy) is 2. The first-order valence-corrected chi connectivity index (χ1v) is 5.90. The predicted octanol–water partition coefficient (Wildman–Crippen LogP) is 1.82. The van der Waals surface area contributed by atoms with E-state index in [1.807, 2.05) is 7.05 Å². The van der Waals surface area contributed by atoms with Crippen molar-refractivity contribution >= 4 is 0 Å². The zero-order valence-electron chi connectivity index (χ0n) is 10.5. The molecule has 0 aromatic heterocycles. The molecule has 90 valence electrons. The van der Waals surface area contributed by atoms with Crippen molar-refractivity contribution in [2.75, 3.05) is 27.4 Å². The van der Waals surface area contributed by atoms with Crippen molar-refractivity contribution in [1.29, 1.82) is 0 Å². The van der Waals surface area contributed by atoms with Crippen molar-refractivity contribution in [2.45, 2.75) is 44.8 Å². The summed E-state index contributed by atoms with van der Waals surface area (Å²) in [5.74, 6) is 0.783.